The molecule has 16 heavy (non-hydrogen) atoms. The average Bonchev–Trinajstić information content (AvgIpc) is 2.62. The molecule has 0 spiro atoms. The quantitative estimate of drug-likeness (QED) is 0.918. The molecule has 0 fully saturated rings. The van der Waals surface area contributed by atoms with Crippen molar-refractivity contribution in [1.82, 2.24) is 9.78 Å². The van der Waals surface area contributed by atoms with Crippen molar-refractivity contribution in [3.05, 3.63) is 51.8 Å². The molecule has 1 atom stereocenters. The van der Waals surface area contributed by atoms with E-state index in [4.69, 9.17) is 5.73 Å². The van der Waals surface area contributed by atoms with Gasteiger partial charge in [-0.25, -0.2) is 0 Å². The first-order chi connectivity index (χ1) is 7.58. The lowest BCUT2D eigenvalue weighted by Crippen LogP contribution is -2.16. The molecular weight excluding hydrogens is 266 g/mol. The van der Waals surface area contributed by atoms with Gasteiger partial charge < -0.3 is 5.73 Å². The molecule has 0 bridgehead atoms. The summed E-state index contributed by atoms with van der Waals surface area (Å²) in [5.74, 6) is 0. The number of aryl methyl sites for hydroxylation is 2. The van der Waals surface area contributed by atoms with Gasteiger partial charge in [-0.05, 0) is 36.2 Å². The molecule has 1 heterocycles. The van der Waals surface area contributed by atoms with E-state index >= 15 is 0 Å². The Balaban J connectivity index is 2.41. The fraction of sp³-hybridized carbons (Fsp3) is 0.250. The van der Waals surface area contributed by atoms with Gasteiger partial charge in [-0.2, -0.15) is 5.10 Å². The van der Waals surface area contributed by atoms with E-state index in [1.165, 1.54) is 5.56 Å². The zero-order valence-electron chi connectivity index (χ0n) is 9.31. The van der Waals surface area contributed by atoms with Crippen molar-refractivity contribution in [2.45, 2.75) is 13.0 Å². The molecule has 4 heteroatoms. The molecule has 1 unspecified atom stereocenters. The van der Waals surface area contributed by atoms with Crippen LogP contribution in [-0.4, -0.2) is 9.78 Å². The van der Waals surface area contributed by atoms with Gasteiger partial charge in [0, 0.05) is 17.7 Å². The number of halogens is 1. The van der Waals surface area contributed by atoms with Gasteiger partial charge in [0.25, 0.3) is 0 Å². The van der Waals surface area contributed by atoms with Crippen LogP contribution in [0.25, 0.3) is 0 Å². The minimum atomic E-state index is -0.135. The highest BCUT2D eigenvalue weighted by molar-refractivity contribution is 9.10. The Kier molecular flexibility index (Phi) is 3.12. The maximum Gasteiger partial charge on any atom is 0.0723 e. The van der Waals surface area contributed by atoms with E-state index in [9.17, 15) is 0 Å². The van der Waals surface area contributed by atoms with Crippen LogP contribution in [0, 0.1) is 6.92 Å². The summed E-state index contributed by atoms with van der Waals surface area (Å²) in [6.45, 7) is 2.06. The number of aromatic nitrogens is 2. The summed E-state index contributed by atoms with van der Waals surface area (Å²) >= 11 is 3.49. The highest BCUT2D eigenvalue weighted by atomic mass is 79.9. The SMILES string of the molecule is Cc1cc(Br)cc(C(N)c2ccnn2C)c1. The standard InChI is InChI=1S/C12H14BrN3/c1-8-5-9(7-10(13)6-8)12(14)11-3-4-15-16(11)2/h3-7,12H,14H2,1-2H3. The molecule has 0 saturated carbocycles. The normalized spacial score (nSPS) is 12.8. The summed E-state index contributed by atoms with van der Waals surface area (Å²) in [6.07, 6.45) is 1.76. The maximum atomic E-state index is 6.22. The molecular formula is C12H14BrN3. The molecule has 84 valence electrons. The molecule has 1 aromatic heterocycles. The molecule has 2 N–H and O–H groups in total. The number of hydrogen-bond donors (Lipinski definition) is 1. The molecule has 0 radical (unpaired) electrons. The second-order valence-electron chi connectivity index (χ2n) is 3.92. The first-order valence-electron chi connectivity index (χ1n) is 5.08. The molecule has 2 aromatic rings. The van der Waals surface area contributed by atoms with Gasteiger partial charge in [0.2, 0.25) is 0 Å². The van der Waals surface area contributed by atoms with Crippen LogP contribution in [0.2, 0.25) is 0 Å². The van der Waals surface area contributed by atoms with Gasteiger partial charge in [0.05, 0.1) is 11.7 Å². The second-order valence-corrected chi connectivity index (χ2v) is 4.83. The molecule has 1 aromatic carbocycles. The van der Waals surface area contributed by atoms with E-state index in [0.717, 1.165) is 15.7 Å². The van der Waals surface area contributed by atoms with Gasteiger partial charge in [0.15, 0.2) is 0 Å². The van der Waals surface area contributed by atoms with Crippen LogP contribution in [0.15, 0.2) is 34.9 Å². The van der Waals surface area contributed by atoms with Crippen LogP contribution in [0.5, 0.6) is 0 Å². The van der Waals surface area contributed by atoms with Crippen molar-refractivity contribution in [2.24, 2.45) is 12.8 Å². The zero-order chi connectivity index (χ0) is 11.7. The third kappa shape index (κ3) is 2.18. The van der Waals surface area contributed by atoms with Crippen LogP contribution < -0.4 is 5.73 Å². The van der Waals surface area contributed by atoms with Crippen LogP contribution in [0.1, 0.15) is 22.9 Å². The molecule has 0 saturated heterocycles. The van der Waals surface area contributed by atoms with Crippen molar-refractivity contribution in [3.8, 4) is 0 Å². The predicted molar refractivity (Wildman–Crippen MR) is 68.1 cm³/mol. The summed E-state index contributed by atoms with van der Waals surface area (Å²) in [4.78, 5) is 0. The van der Waals surface area contributed by atoms with Gasteiger partial charge in [-0.1, -0.05) is 22.0 Å². The number of nitrogens with two attached hydrogens (primary N) is 1. The summed E-state index contributed by atoms with van der Waals surface area (Å²) in [5, 5.41) is 4.13. The van der Waals surface area contributed by atoms with Crippen LogP contribution in [0.4, 0.5) is 0 Å². The minimum absolute atomic E-state index is 0.135. The van der Waals surface area contributed by atoms with Gasteiger partial charge in [-0.15, -0.1) is 0 Å². The number of rotatable bonds is 2. The summed E-state index contributed by atoms with van der Waals surface area (Å²) < 4.78 is 2.86. The van der Waals surface area contributed by atoms with Gasteiger partial charge in [0.1, 0.15) is 0 Å². The molecule has 2 rings (SSSR count). The van der Waals surface area contributed by atoms with E-state index in [-0.39, 0.29) is 6.04 Å². The van der Waals surface area contributed by atoms with Gasteiger partial charge >= 0.3 is 0 Å². The topological polar surface area (TPSA) is 43.8 Å². The molecule has 0 aliphatic rings. The Morgan fingerprint density at radius 1 is 1.38 bits per heavy atom. The number of hydrogen-bond acceptors (Lipinski definition) is 2. The van der Waals surface area contributed by atoms with E-state index in [1.54, 1.807) is 10.9 Å². The third-order valence-corrected chi connectivity index (χ3v) is 3.06. The monoisotopic (exact) mass is 279 g/mol. The zero-order valence-corrected chi connectivity index (χ0v) is 10.9. The van der Waals surface area contributed by atoms with Crippen LogP contribution >= 0.6 is 15.9 Å². The van der Waals surface area contributed by atoms with E-state index < -0.39 is 0 Å². The van der Waals surface area contributed by atoms with E-state index in [1.807, 2.05) is 19.2 Å². The van der Waals surface area contributed by atoms with E-state index in [2.05, 4.69) is 40.1 Å². The first-order valence-corrected chi connectivity index (χ1v) is 5.88. The Labute approximate surface area is 103 Å². The van der Waals surface area contributed by atoms with Crippen molar-refractivity contribution >= 4 is 15.9 Å². The largest absolute Gasteiger partial charge is 0.319 e. The van der Waals surface area contributed by atoms with Crippen molar-refractivity contribution in [2.75, 3.05) is 0 Å². The van der Waals surface area contributed by atoms with Crippen LogP contribution in [-0.2, 0) is 7.05 Å². The second kappa shape index (κ2) is 4.39. The molecule has 3 nitrogen and oxygen atoms in total. The highest BCUT2D eigenvalue weighted by Crippen LogP contribution is 2.23. The van der Waals surface area contributed by atoms with E-state index in [0.29, 0.717) is 0 Å². The Morgan fingerprint density at radius 2 is 2.12 bits per heavy atom. The van der Waals surface area contributed by atoms with Crippen molar-refractivity contribution in [1.29, 1.82) is 0 Å². The number of nitrogens with zero attached hydrogens (tertiary/aromatic N) is 2. The lowest BCUT2D eigenvalue weighted by atomic mass is 10.0. The lowest BCUT2D eigenvalue weighted by molar-refractivity contribution is 0.673. The first kappa shape index (κ1) is 11.4. The Morgan fingerprint density at radius 3 is 2.69 bits per heavy atom. The lowest BCUT2D eigenvalue weighted by Gasteiger charge is -2.13. The predicted octanol–water partition coefficient (Wildman–Crippen LogP) is 2.54. The van der Waals surface area contributed by atoms with Gasteiger partial charge in [-0.3, -0.25) is 4.68 Å². The molecule has 0 aliphatic heterocycles. The highest BCUT2D eigenvalue weighted by Gasteiger charge is 2.12. The summed E-state index contributed by atoms with van der Waals surface area (Å²) in [7, 11) is 1.90. The molecule has 0 amide bonds. The minimum Gasteiger partial charge on any atom is -0.319 e. The number of benzene rings is 1. The Hall–Kier alpha value is -1.13. The third-order valence-electron chi connectivity index (χ3n) is 2.60. The van der Waals surface area contributed by atoms with Crippen molar-refractivity contribution in [3.63, 3.8) is 0 Å². The fourth-order valence-electron chi connectivity index (χ4n) is 1.80. The Bertz CT molecular complexity index is 484. The summed E-state index contributed by atoms with van der Waals surface area (Å²) in [6, 6.07) is 8.02. The average molecular weight is 280 g/mol. The fourth-order valence-corrected chi connectivity index (χ4v) is 2.43. The smallest absolute Gasteiger partial charge is 0.0723 e. The molecule has 0 aliphatic carbocycles. The van der Waals surface area contributed by atoms with Crippen LogP contribution in [0.3, 0.4) is 0 Å². The maximum absolute atomic E-state index is 6.22. The van der Waals surface area contributed by atoms with Crippen molar-refractivity contribution < 1.29 is 0 Å². The summed E-state index contributed by atoms with van der Waals surface area (Å²) in [5.41, 5.74) is 9.52.